The van der Waals surface area contributed by atoms with Crippen LogP contribution < -0.4 is 9.79 Å². The van der Waals surface area contributed by atoms with Crippen LogP contribution in [0.3, 0.4) is 0 Å². The minimum absolute atomic E-state index is 0. The van der Waals surface area contributed by atoms with E-state index in [4.69, 9.17) is 38.5 Å². The van der Waals surface area contributed by atoms with Crippen molar-refractivity contribution < 1.29 is 58.4 Å². The standard InChI is InChI=1S/2C10H16N.2H3O4P.2H2O/c2*1-11(2,3)9-10-7-5-4-6-8-10;2*1-5(2,3)4;;/h2*4-8H,9H2,1-3H3;2*(H3,1,2,3,4);2*1H2/q2*+1;;;;/p-2. The van der Waals surface area contributed by atoms with E-state index < -0.39 is 15.6 Å². The Kier molecular flexibility index (Phi) is 20.9. The third-order valence-corrected chi connectivity index (χ3v) is 3.00. The van der Waals surface area contributed by atoms with Gasteiger partial charge in [0, 0.05) is 11.1 Å². The Morgan fingerprint density at radius 2 is 0.765 bits per heavy atom. The van der Waals surface area contributed by atoms with Gasteiger partial charge in [0.05, 0.1) is 42.3 Å². The smallest absolute Gasteiger partial charge is 0.262 e. The summed E-state index contributed by atoms with van der Waals surface area (Å²) in [5.74, 6) is 0. The Balaban J connectivity index is -0.000000185. The highest BCUT2D eigenvalue weighted by molar-refractivity contribution is 7.43. The quantitative estimate of drug-likeness (QED) is 0.283. The van der Waals surface area contributed by atoms with Gasteiger partial charge in [-0.1, -0.05) is 60.7 Å². The molecule has 0 atom stereocenters. The van der Waals surface area contributed by atoms with Crippen LogP contribution in [0.5, 0.6) is 0 Å². The van der Waals surface area contributed by atoms with E-state index in [9.17, 15) is 0 Å². The summed E-state index contributed by atoms with van der Waals surface area (Å²) in [6.45, 7) is 2.20. The normalized spacial score (nSPS) is 10.9. The van der Waals surface area contributed by atoms with Gasteiger partial charge in [0.1, 0.15) is 13.1 Å². The first-order valence-corrected chi connectivity index (χ1v) is 12.4. The molecule has 0 unspecified atom stereocenters. The highest BCUT2D eigenvalue weighted by Gasteiger charge is 2.07. The molecular weight excluding hydrogens is 490 g/mol. The Hall–Kier alpha value is -1.50. The van der Waals surface area contributed by atoms with Gasteiger partial charge in [-0.05, 0) is 0 Å². The molecule has 0 aromatic heterocycles. The number of rotatable bonds is 4. The van der Waals surface area contributed by atoms with Crippen molar-refractivity contribution in [1.29, 1.82) is 0 Å². The van der Waals surface area contributed by atoms with Gasteiger partial charge in [-0.15, -0.1) is 0 Å². The third kappa shape index (κ3) is 44.2. The molecule has 0 aliphatic rings. The lowest BCUT2D eigenvalue weighted by Crippen LogP contribution is -2.33. The monoisotopic (exact) mass is 530 g/mol. The highest BCUT2D eigenvalue weighted by Crippen LogP contribution is 2.19. The van der Waals surface area contributed by atoms with E-state index in [0.717, 1.165) is 22.1 Å². The van der Waals surface area contributed by atoms with Crippen LogP contribution in [0.25, 0.3) is 0 Å². The Bertz CT molecular complexity index is 742. The largest absolute Gasteiger partial charge is 0.756 e. The molecule has 0 bridgehead atoms. The molecule has 2 rings (SSSR count). The fourth-order valence-corrected chi connectivity index (χ4v) is 2.26. The molecule has 2 aromatic rings. The van der Waals surface area contributed by atoms with Crippen LogP contribution in [0, 0.1) is 0 Å². The second-order valence-electron chi connectivity index (χ2n) is 8.85. The van der Waals surface area contributed by atoms with Gasteiger partial charge in [-0.25, -0.2) is 0 Å². The van der Waals surface area contributed by atoms with Crippen molar-refractivity contribution in [1.82, 2.24) is 0 Å². The molecule has 0 amide bonds. The highest BCUT2D eigenvalue weighted by atomic mass is 31.2. The summed E-state index contributed by atoms with van der Waals surface area (Å²) in [4.78, 5) is 45.8. The molecule has 0 fully saturated rings. The lowest BCUT2D eigenvalue weighted by atomic mass is 10.2. The summed E-state index contributed by atoms with van der Waals surface area (Å²) in [6, 6.07) is 21.1. The van der Waals surface area contributed by atoms with E-state index in [1.165, 1.54) is 11.1 Å². The summed E-state index contributed by atoms with van der Waals surface area (Å²) >= 11 is 0. The van der Waals surface area contributed by atoms with E-state index >= 15 is 0 Å². The van der Waals surface area contributed by atoms with Gasteiger partial charge in [0.25, 0.3) is 15.6 Å². The summed E-state index contributed by atoms with van der Waals surface area (Å²) in [5.41, 5.74) is 2.81. The van der Waals surface area contributed by atoms with Crippen LogP contribution in [-0.2, 0) is 22.2 Å². The first-order chi connectivity index (χ1) is 14.2. The van der Waals surface area contributed by atoms with Crippen LogP contribution >= 0.6 is 15.6 Å². The van der Waals surface area contributed by atoms with Crippen LogP contribution in [0.2, 0.25) is 0 Å². The van der Waals surface area contributed by atoms with Gasteiger partial charge in [0.15, 0.2) is 0 Å². The number of nitrogens with zero attached hydrogens (tertiary/aromatic N) is 2. The molecule has 0 aliphatic carbocycles. The maximum Gasteiger partial charge on any atom is 0.262 e. The predicted molar refractivity (Wildman–Crippen MR) is 128 cm³/mol. The zero-order chi connectivity index (χ0) is 25.6. The number of benzene rings is 2. The van der Waals surface area contributed by atoms with E-state index in [0.29, 0.717) is 0 Å². The molecule has 0 spiro atoms. The Morgan fingerprint density at radius 1 is 0.588 bits per heavy atom. The topological polar surface area (TPSA) is 224 Å². The molecule has 0 heterocycles. The molecule has 14 heteroatoms. The Morgan fingerprint density at radius 3 is 0.912 bits per heavy atom. The molecule has 0 saturated heterocycles. The van der Waals surface area contributed by atoms with Crippen molar-refractivity contribution in [3.8, 4) is 0 Å². The fourth-order valence-electron chi connectivity index (χ4n) is 2.26. The average molecular weight is 530 g/mol. The lowest BCUT2D eigenvalue weighted by molar-refractivity contribution is -0.884. The predicted octanol–water partition coefficient (Wildman–Crippen LogP) is -0.985. The number of quaternary nitrogens is 2. The maximum absolute atomic E-state index is 8.77. The molecular formula is C20H40N2O10P2. The summed E-state index contributed by atoms with van der Waals surface area (Å²) in [7, 11) is 3.43. The minimum atomic E-state index is -4.89. The molecule has 2 aromatic carbocycles. The van der Waals surface area contributed by atoms with Gasteiger partial charge >= 0.3 is 0 Å². The number of hydrogen-bond acceptors (Lipinski definition) is 4. The van der Waals surface area contributed by atoms with Gasteiger partial charge in [-0.3, -0.25) is 9.13 Å². The van der Waals surface area contributed by atoms with E-state index in [2.05, 4.69) is 103 Å². The molecule has 0 saturated carbocycles. The van der Waals surface area contributed by atoms with E-state index in [-0.39, 0.29) is 11.0 Å². The van der Waals surface area contributed by atoms with E-state index in [1.54, 1.807) is 0 Å². The van der Waals surface area contributed by atoms with Crippen LogP contribution in [0.4, 0.5) is 0 Å². The number of phosphoric acid groups is 2. The van der Waals surface area contributed by atoms with Crippen molar-refractivity contribution in [3.05, 3.63) is 71.8 Å². The SMILES string of the molecule is C[N+](C)(C)Cc1ccccc1.C[N+](C)(C)Cc1ccccc1.O.O.O=P([O-])(O)O.O=P([O-])(O)O. The third-order valence-electron chi connectivity index (χ3n) is 3.00. The zero-order valence-electron chi connectivity index (χ0n) is 20.4. The molecule has 8 N–H and O–H groups in total. The van der Waals surface area contributed by atoms with Crippen molar-refractivity contribution >= 4 is 15.6 Å². The van der Waals surface area contributed by atoms with Gasteiger partial charge in [-0.2, -0.15) is 0 Å². The first-order valence-electron chi connectivity index (χ1n) is 9.37. The molecule has 34 heavy (non-hydrogen) atoms. The van der Waals surface area contributed by atoms with Crippen molar-refractivity contribution in [3.63, 3.8) is 0 Å². The second kappa shape index (κ2) is 17.9. The molecule has 12 nitrogen and oxygen atoms in total. The van der Waals surface area contributed by atoms with Crippen LogP contribution in [-0.4, -0.2) is 81.8 Å². The maximum atomic E-state index is 8.77. The fraction of sp³-hybridized carbons (Fsp3) is 0.400. The lowest BCUT2D eigenvalue weighted by Gasteiger charge is -2.23. The van der Waals surface area contributed by atoms with Gasteiger partial charge in [0.2, 0.25) is 0 Å². The average Bonchev–Trinajstić information content (AvgIpc) is 2.51. The summed E-state index contributed by atoms with van der Waals surface area (Å²) < 4.78 is 19.5. The molecule has 200 valence electrons. The first kappa shape index (κ1) is 39.7. The van der Waals surface area contributed by atoms with Crippen molar-refractivity contribution in [2.24, 2.45) is 0 Å². The van der Waals surface area contributed by atoms with Crippen LogP contribution in [0.1, 0.15) is 11.1 Å². The minimum Gasteiger partial charge on any atom is -0.756 e. The number of hydrogen-bond donors (Lipinski definition) is 4. The van der Waals surface area contributed by atoms with E-state index in [1.807, 2.05) is 0 Å². The second-order valence-corrected chi connectivity index (χ2v) is 10.8. The van der Waals surface area contributed by atoms with Crippen molar-refractivity contribution in [2.75, 3.05) is 42.3 Å². The molecule has 0 radical (unpaired) electrons. The van der Waals surface area contributed by atoms with Gasteiger partial charge < -0.3 is 49.3 Å². The van der Waals surface area contributed by atoms with Crippen LogP contribution in [0.15, 0.2) is 60.7 Å². The Labute approximate surface area is 201 Å². The van der Waals surface area contributed by atoms with Crippen molar-refractivity contribution in [2.45, 2.75) is 13.1 Å². The zero-order valence-corrected chi connectivity index (χ0v) is 22.2. The summed E-state index contributed by atoms with van der Waals surface area (Å²) in [6.07, 6.45) is 0. The molecule has 0 aliphatic heterocycles. The summed E-state index contributed by atoms with van der Waals surface area (Å²) in [5, 5.41) is 0.